The fourth-order valence-electron chi connectivity index (χ4n) is 2.27. The van der Waals surface area contributed by atoms with E-state index in [-0.39, 0.29) is 0 Å². The Labute approximate surface area is 109 Å². The van der Waals surface area contributed by atoms with Gasteiger partial charge in [-0.3, -0.25) is 4.98 Å². The number of fused-ring (bicyclic) bond motifs is 1. The zero-order valence-corrected chi connectivity index (χ0v) is 10.4. The summed E-state index contributed by atoms with van der Waals surface area (Å²) >= 11 is 0. The van der Waals surface area contributed by atoms with Crippen LogP contribution in [0.25, 0.3) is 22.0 Å². The monoisotopic (exact) mass is 252 g/mol. The number of carbonyl (C=O) groups is 1. The first kappa shape index (κ1) is 11.5. The van der Waals surface area contributed by atoms with Crippen LogP contribution in [0.4, 0.5) is 0 Å². The van der Waals surface area contributed by atoms with Gasteiger partial charge in [-0.05, 0) is 18.2 Å². The number of carboxylic acid groups (broad SMARTS) is 1. The molecule has 94 valence electrons. The number of carboxylic acids is 1. The predicted octanol–water partition coefficient (Wildman–Crippen LogP) is 2.94. The summed E-state index contributed by atoms with van der Waals surface area (Å²) in [6, 6.07) is 9.05. The van der Waals surface area contributed by atoms with E-state index in [9.17, 15) is 4.79 Å². The molecule has 0 aliphatic carbocycles. The van der Waals surface area contributed by atoms with E-state index in [1.807, 2.05) is 36.0 Å². The van der Waals surface area contributed by atoms with Gasteiger partial charge in [-0.15, -0.1) is 0 Å². The van der Waals surface area contributed by atoms with E-state index in [0.717, 1.165) is 22.0 Å². The fourth-order valence-corrected chi connectivity index (χ4v) is 2.27. The molecule has 0 aliphatic rings. The largest absolute Gasteiger partial charge is 0.478 e. The molecule has 4 heteroatoms. The van der Waals surface area contributed by atoms with Crippen LogP contribution in [0.15, 0.2) is 48.9 Å². The van der Waals surface area contributed by atoms with E-state index in [2.05, 4.69) is 4.98 Å². The van der Waals surface area contributed by atoms with Crippen molar-refractivity contribution in [3.8, 4) is 11.1 Å². The van der Waals surface area contributed by atoms with Gasteiger partial charge in [-0.1, -0.05) is 12.1 Å². The third-order valence-electron chi connectivity index (χ3n) is 3.21. The summed E-state index contributed by atoms with van der Waals surface area (Å²) in [4.78, 5) is 15.1. The predicted molar refractivity (Wildman–Crippen MR) is 73.1 cm³/mol. The molecule has 0 aliphatic heterocycles. The standard InChI is InChI=1S/C15H12N2O2/c1-17-9-13(11-3-2-6-16-8-11)12-5-4-10(15(18)19)7-14(12)17/h2-9H,1H3,(H,18,19). The number of nitrogens with zero attached hydrogens (tertiary/aromatic N) is 2. The van der Waals surface area contributed by atoms with Crippen LogP contribution in [-0.2, 0) is 7.05 Å². The topological polar surface area (TPSA) is 55.1 Å². The molecule has 2 aromatic heterocycles. The number of benzene rings is 1. The summed E-state index contributed by atoms with van der Waals surface area (Å²) < 4.78 is 1.93. The number of aromatic carboxylic acids is 1. The van der Waals surface area contributed by atoms with Crippen molar-refractivity contribution >= 4 is 16.9 Å². The van der Waals surface area contributed by atoms with Crippen LogP contribution >= 0.6 is 0 Å². The van der Waals surface area contributed by atoms with Crippen molar-refractivity contribution in [1.29, 1.82) is 0 Å². The number of pyridine rings is 1. The van der Waals surface area contributed by atoms with Crippen molar-refractivity contribution in [3.63, 3.8) is 0 Å². The van der Waals surface area contributed by atoms with Crippen molar-refractivity contribution in [2.45, 2.75) is 0 Å². The van der Waals surface area contributed by atoms with Gasteiger partial charge in [-0.25, -0.2) is 4.79 Å². The normalized spacial score (nSPS) is 10.8. The van der Waals surface area contributed by atoms with Gasteiger partial charge in [0.25, 0.3) is 0 Å². The lowest BCUT2D eigenvalue weighted by Gasteiger charge is -2.00. The Balaban J connectivity index is 2.26. The van der Waals surface area contributed by atoms with Gasteiger partial charge in [0.15, 0.2) is 0 Å². The molecule has 3 aromatic rings. The Hall–Kier alpha value is -2.62. The second-order valence-electron chi connectivity index (χ2n) is 4.43. The van der Waals surface area contributed by atoms with Gasteiger partial charge in [0, 0.05) is 47.7 Å². The first-order valence-electron chi connectivity index (χ1n) is 5.89. The van der Waals surface area contributed by atoms with E-state index in [1.54, 1.807) is 24.5 Å². The molecule has 0 fully saturated rings. The molecule has 0 amide bonds. The molecular formula is C15H12N2O2. The van der Waals surface area contributed by atoms with Crippen LogP contribution in [0.2, 0.25) is 0 Å². The van der Waals surface area contributed by atoms with Gasteiger partial charge in [0.05, 0.1) is 5.56 Å². The highest BCUT2D eigenvalue weighted by Crippen LogP contribution is 2.30. The Morgan fingerprint density at radius 2 is 2.16 bits per heavy atom. The number of aromatic nitrogens is 2. The highest BCUT2D eigenvalue weighted by Gasteiger charge is 2.11. The Bertz CT molecular complexity index is 760. The fraction of sp³-hybridized carbons (Fsp3) is 0.0667. The molecule has 0 bridgehead atoms. The van der Waals surface area contributed by atoms with Crippen LogP contribution in [0.3, 0.4) is 0 Å². The van der Waals surface area contributed by atoms with Gasteiger partial charge < -0.3 is 9.67 Å². The molecule has 0 unspecified atom stereocenters. The lowest BCUT2D eigenvalue weighted by Crippen LogP contribution is -1.96. The molecule has 0 radical (unpaired) electrons. The van der Waals surface area contributed by atoms with Crippen LogP contribution in [0, 0.1) is 0 Å². The molecule has 0 spiro atoms. The van der Waals surface area contributed by atoms with Crippen LogP contribution < -0.4 is 0 Å². The lowest BCUT2D eigenvalue weighted by molar-refractivity contribution is 0.0697. The van der Waals surface area contributed by atoms with E-state index < -0.39 is 5.97 Å². The molecule has 0 atom stereocenters. The summed E-state index contributed by atoms with van der Waals surface area (Å²) in [7, 11) is 1.91. The third-order valence-corrected chi connectivity index (χ3v) is 3.21. The summed E-state index contributed by atoms with van der Waals surface area (Å²) in [6.45, 7) is 0. The van der Waals surface area contributed by atoms with Crippen LogP contribution in [-0.4, -0.2) is 20.6 Å². The zero-order valence-electron chi connectivity index (χ0n) is 10.4. The SMILES string of the molecule is Cn1cc(-c2cccnc2)c2ccc(C(=O)O)cc21. The summed E-state index contributed by atoms with van der Waals surface area (Å²) in [6.07, 6.45) is 5.53. The quantitative estimate of drug-likeness (QED) is 0.763. The third kappa shape index (κ3) is 1.87. The first-order chi connectivity index (χ1) is 9.16. The highest BCUT2D eigenvalue weighted by atomic mass is 16.4. The number of hydrogen-bond acceptors (Lipinski definition) is 2. The van der Waals surface area contributed by atoms with E-state index in [4.69, 9.17) is 5.11 Å². The molecule has 0 saturated heterocycles. The average Bonchev–Trinajstić information content (AvgIpc) is 2.77. The zero-order chi connectivity index (χ0) is 13.4. The average molecular weight is 252 g/mol. The highest BCUT2D eigenvalue weighted by molar-refractivity contribution is 6.00. The van der Waals surface area contributed by atoms with Crippen LogP contribution in [0.5, 0.6) is 0 Å². The lowest BCUT2D eigenvalue weighted by atomic mass is 10.1. The maximum Gasteiger partial charge on any atom is 0.335 e. The second-order valence-corrected chi connectivity index (χ2v) is 4.43. The van der Waals surface area contributed by atoms with E-state index in [0.29, 0.717) is 5.56 Å². The molecular weight excluding hydrogens is 240 g/mol. The van der Waals surface area contributed by atoms with Gasteiger partial charge in [0.2, 0.25) is 0 Å². The number of aryl methyl sites for hydroxylation is 1. The van der Waals surface area contributed by atoms with Gasteiger partial charge in [0.1, 0.15) is 0 Å². The van der Waals surface area contributed by atoms with Crippen molar-refractivity contribution in [1.82, 2.24) is 9.55 Å². The summed E-state index contributed by atoms with van der Waals surface area (Å²) in [5.41, 5.74) is 3.28. The van der Waals surface area contributed by atoms with E-state index >= 15 is 0 Å². The Morgan fingerprint density at radius 3 is 2.84 bits per heavy atom. The van der Waals surface area contributed by atoms with Crippen LogP contribution in [0.1, 0.15) is 10.4 Å². The smallest absolute Gasteiger partial charge is 0.335 e. The summed E-state index contributed by atoms with van der Waals surface area (Å²) in [5.74, 6) is -0.911. The minimum absolute atomic E-state index is 0.298. The summed E-state index contributed by atoms with van der Waals surface area (Å²) in [5, 5.41) is 10.1. The van der Waals surface area contributed by atoms with Crippen molar-refractivity contribution in [2.75, 3.05) is 0 Å². The van der Waals surface area contributed by atoms with Gasteiger partial charge >= 0.3 is 5.97 Å². The van der Waals surface area contributed by atoms with Crippen molar-refractivity contribution in [2.24, 2.45) is 7.05 Å². The molecule has 1 aromatic carbocycles. The molecule has 19 heavy (non-hydrogen) atoms. The molecule has 0 saturated carbocycles. The van der Waals surface area contributed by atoms with E-state index in [1.165, 1.54) is 0 Å². The first-order valence-corrected chi connectivity index (χ1v) is 5.89. The van der Waals surface area contributed by atoms with Crippen molar-refractivity contribution < 1.29 is 9.90 Å². The molecule has 1 N–H and O–H groups in total. The minimum atomic E-state index is -0.911. The molecule has 2 heterocycles. The maximum atomic E-state index is 11.0. The number of hydrogen-bond donors (Lipinski definition) is 1. The number of rotatable bonds is 2. The van der Waals surface area contributed by atoms with Gasteiger partial charge in [-0.2, -0.15) is 0 Å². The van der Waals surface area contributed by atoms with Crippen molar-refractivity contribution in [3.05, 3.63) is 54.5 Å². The minimum Gasteiger partial charge on any atom is -0.478 e. The molecule has 3 rings (SSSR count). The second kappa shape index (κ2) is 4.24. The maximum absolute atomic E-state index is 11.0. The Morgan fingerprint density at radius 1 is 1.32 bits per heavy atom. The molecule has 4 nitrogen and oxygen atoms in total. The Kier molecular flexibility index (Phi) is 2.56.